The number of nitrogens with one attached hydrogen (secondary N) is 2. The minimum atomic E-state index is -0.577. The van der Waals surface area contributed by atoms with Crippen LogP contribution in [-0.2, 0) is 0 Å². The second-order valence-corrected chi connectivity index (χ2v) is 8.89. The average molecular weight is 517 g/mol. The molecule has 4 aromatic heterocycles. The normalized spacial score (nSPS) is 11.3. The highest BCUT2D eigenvalue weighted by Gasteiger charge is 2.30. The summed E-state index contributed by atoms with van der Waals surface area (Å²) in [5.41, 5.74) is 4.15. The number of aryl methyl sites for hydroxylation is 2. The lowest BCUT2D eigenvalue weighted by atomic mass is 9.85. The zero-order valence-electron chi connectivity index (χ0n) is 18.5. The summed E-state index contributed by atoms with van der Waals surface area (Å²) < 4.78 is 3.89. The van der Waals surface area contributed by atoms with Gasteiger partial charge in [-0.25, -0.2) is 9.36 Å². The molecule has 5 aromatic rings. The van der Waals surface area contributed by atoms with Gasteiger partial charge in [-0.05, 0) is 55.8 Å². The molecule has 8 nitrogen and oxygen atoms in total. The van der Waals surface area contributed by atoms with Crippen molar-refractivity contribution < 1.29 is 0 Å². The van der Waals surface area contributed by atoms with E-state index in [2.05, 4.69) is 36.1 Å². The van der Waals surface area contributed by atoms with Crippen LogP contribution in [0.3, 0.4) is 0 Å². The molecule has 0 fully saturated rings. The lowest BCUT2D eigenvalue weighted by molar-refractivity contribution is 0.828. The van der Waals surface area contributed by atoms with Gasteiger partial charge >= 0.3 is 0 Å². The first-order valence-electron chi connectivity index (χ1n) is 10.6. The monoisotopic (exact) mass is 516 g/mol. The Hall–Kier alpha value is -3.98. The standard InChI is InChI=1S/C25H21BrN6O2/c1-15-21(24(33)31(29-15)19-7-11-27-12-8-19)23(17-3-5-18(26)6-4-17)22-16(2)30-32(25(22)34)20-9-13-28-14-10-20/h3-14,23,29-30H,1-2H3. The van der Waals surface area contributed by atoms with E-state index < -0.39 is 5.92 Å². The van der Waals surface area contributed by atoms with Crippen LogP contribution >= 0.6 is 15.9 Å². The van der Waals surface area contributed by atoms with Gasteiger partial charge in [-0.2, -0.15) is 0 Å². The smallest absolute Gasteiger partial charge is 0.275 e. The first-order valence-corrected chi connectivity index (χ1v) is 11.4. The molecule has 0 aliphatic carbocycles. The number of hydrogen-bond donors (Lipinski definition) is 2. The van der Waals surface area contributed by atoms with Crippen molar-refractivity contribution in [1.29, 1.82) is 0 Å². The Kier molecular flexibility index (Phi) is 5.62. The average Bonchev–Trinajstić information content (AvgIpc) is 3.32. The second kappa shape index (κ2) is 8.75. The molecule has 9 heteroatoms. The molecule has 5 rings (SSSR count). The van der Waals surface area contributed by atoms with Gasteiger partial charge in [-0.15, -0.1) is 0 Å². The largest absolute Gasteiger partial charge is 0.295 e. The number of halogens is 1. The first kappa shape index (κ1) is 21.8. The van der Waals surface area contributed by atoms with Crippen LogP contribution < -0.4 is 11.1 Å². The van der Waals surface area contributed by atoms with Crippen molar-refractivity contribution in [2.24, 2.45) is 0 Å². The number of rotatable bonds is 5. The van der Waals surface area contributed by atoms with E-state index in [1.54, 1.807) is 49.1 Å². The molecule has 0 radical (unpaired) electrons. The molecular weight excluding hydrogens is 496 g/mol. The number of benzene rings is 1. The van der Waals surface area contributed by atoms with Crippen LogP contribution in [0.25, 0.3) is 11.4 Å². The number of hydrogen-bond acceptors (Lipinski definition) is 4. The molecule has 34 heavy (non-hydrogen) atoms. The molecular formula is C25H21BrN6O2. The summed E-state index contributed by atoms with van der Waals surface area (Å²) in [7, 11) is 0. The van der Waals surface area contributed by atoms with Crippen molar-refractivity contribution in [2.45, 2.75) is 19.8 Å². The Morgan fingerprint density at radius 2 is 1.12 bits per heavy atom. The van der Waals surface area contributed by atoms with Gasteiger partial charge in [0.25, 0.3) is 11.1 Å². The molecule has 2 N–H and O–H groups in total. The van der Waals surface area contributed by atoms with Crippen LogP contribution in [0.15, 0.2) is 87.4 Å². The lowest BCUT2D eigenvalue weighted by Gasteiger charge is -2.16. The molecule has 0 saturated heterocycles. The molecule has 0 spiro atoms. The third kappa shape index (κ3) is 3.73. The Morgan fingerprint density at radius 3 is 1.53 bits per heavy atom. The Balaban J connectivity index is 1.77. The maximum Gasteiger partial charge on any atom is 0.275 e. The summed E-state index contributed by atoms with van der Waals surface area (Å²) in [6.07, 6.45) is 6.53. The van der Waals surface area contributed by atoms with E-state index in [0.717, 1.165) is 10.0 Å². The summed E-state index contributed by atoms with van der Waals surface area (Å²) in [6.45, 7) is 3.70. The van der Waals surface area contributed by atoms with Crippen LogP contribution in [0.1, 0.15) is 34.0 Å². The minimum absolute atomic E-state index is 0.216. The van der Waals surface area contributed by atoms with E-state index in [4.69, 9.17) is 0 Å². The summed E-state index contributed by atoms with van der Waals surface area (Å²) in [5.74, 6) is -0.577. The van der Waals surface area contributed by atoms with Crippen LogP contribution in [0.2, 0.25) is 0 Å². The molecule has 1 aromatic carbocycles. The molecule has 4 heterocycles. The third-order valence-electron chi connectivity index (χ3n) is 5.86. The third-order valence-corrected chi connectivity index (χ3v) is 6.39. The van der Waals surface area contributed by atoms with E-state index in [-0.39, 0.29) is 11.1 Å². The topological polar surface area (TPSA) is 101 Å². The summed E-state index contributed by atoms with van der Waals surface area (Å²) in [5, 5.41) is 6.36. The van der Waals surface area contributed by atoms with Gasteiger partial charge < -0.3 is 0 Å². The molecule has 0 atom stereocenters. The van der Waals surface area contributed by atoms with Gasteiger partial charge in [0.05, 0.1) is 22.5 Å². The predicted molar refractivity (Wildman–Crippen MR) is 133 cm³/mol. The second-order valence-electron chi connectivity index (χ2n) is 7.98. The van der Waals surface area contributed by atoms with Gasteiger partial charge in [0.1, 0.15) is 0 Å². The van der Waals surface area contributed by atoms with Crippen molar-refractivity contribution in [1.82, 2.24) is 29.5 Å². The molecule has 170 valence electrons. The first-order chi connectivity index (χ1) is 16.5. The van der Waals surface area contributed by atoms with Gasteiger partial charge in [-0.3, -0.25) is 29.8 Å². The van der Waals surface area contributed by atoms with E-state index in [9.17, 15) is 9.59 Å². The fourth-order valence-electron chi connectivity index (χ4n) is 4.28. The summed E-state index contributed by atoms with van der Waals surface area (Å²) in [6, 6.07) is 14.7. The zero-order valence-corrected chi connectivity index (χ0v) is 20.1. The summed E-state index contributed by atoms with van der Waals surface area (Å²) in [4.78, 5) is 35.5. The molecule has 0 amide bonds. The van der Waals surface area contributed by atoms with Gasteiger partial charge in [-0.1, -0.05) is 28.1 Å². The van der Waals surface area contributed by atoms with Gasteiger partial charge in [0.2, 0.25) is 0 Å². The maximum absolute atomic E-state index is 13.7. The van der Waals surface area contributed by atoms with Crippen molar-refractivity contribution in [3.05, 3.63) is 127 Å². The van der Waals surface area contributed by atoms with Crippen molar-refractivity contribution in [2.75, 3.05) is 0 Å². The van der Waals surface area contributed by atoms with E-state index in [1.165, 1.54) is 9.36 Å². The molecule has 0 aliphatic rings. The van der Waals surface area contributed by atoms with Gasteiger partial charge in [0.15, 0.2) is 0 Å². The molecule has 0 saturated carbocycles. The van der Waals surface area contributed by atoms with Crippen LogP contribution in [0.4, 0.5) is 0 Å². The highest BCUT2D eigenvalue weighted by Crippen LogP contribution is 2.32. The minimum Gasteiger partial charge on any atom is -0.295 e. The highest BCUT2D eigenvalue weighted by atomic mass is 79.9. The van der Waals surface area contributed by atoms with Crippen molar-refractivity contribution >= 4 is 15.9 Å². The Bertz CT molecular complexity index is 1470. The zero-order chi connectivity index (χ0) is 23.8. The fraction of sp³-hybridized carbons (Fsp3) is 0.120. The molecule has 0 unspecified atom stereocenters. The van der Waals surface area contributed by atoms with E-state index >= 15 is 0 Å². The van der Waals surface area contributed by atoms with Gasteiger partial charge in [0, 0.05) is 46.6 Å². The maximum atomic E-state index is 13.7. The Morgan fingerprint density at radius 1 is 0.706 bits per heavy atom. The van der Waals surface area contributed by atoms with Crippen molar-refractivity contribution in [3.63, 3.8) is 0 Å². The van der Waals surface area contributed by atoms with E-state index in [1.807, 2.05) is 38.1 Å². The number of aromatic nitrogens is 6. The Labute approximate surface area is 203 Å². The van der Waals surface area contributed by atoms with E-state index in [0.29, 0.717) is 33.9 Å². The molecule has 0 aliphatic heterocycles. The number of H-pyrrole nitrogens is 2. The van der Waals surface area contributed by atoms with Crippen molar-refractivity contribution in [3.8, 4) is 11.4 Å². The number of pyridine rings is 2. The van der Waals surface area contributed by atoms with Crippen LogP contribution in [0, 0.1) is 13.8 Å². The fourth-order valence-corrected chi connectivity index (χ4v) is 4.55. The lowest BCUT2D eigenvalue weighted by Crippen LogP contribution is -2.25. The number of nitrogens with zero attached hydrogens (tertiary/aromatic N) is 4. The highest BCUT2D eigenvalue weighted by molar-refractivity contribution is 9.10. The summed E-state index contributed by atoms with van der Waals surface area (Å²) >= 11 is 3.48. The SMILES string of the molecule is Cc1[nH]n(-c2ccncc2)c(=O)c1C(c1ccc(Br)cc1)c1c(C)[nH]n(-c2ccncc2)c1=O. The number of aromatic amines is 2. The molecule has 0 bridgehead atoms. The van der Waals surface area contributed by atoms with Crippen LogP contribution in [0.5, 0.6) is 0 Å². The predicted octanol–water partition coefficient (Wildman–Crippen LogP) is 3.99. The quantitative estimate of drug-likeness (QED) is 0.368. The van der Waals surface area contributed by atoms with Crippen LogP contribution in [-0.4, -0.2) is 29.5 Å².